The smallest absolute Gasteiger partial charge is 0.243 e. The Bertz CT molecular complexity index is 588. The molecule has 0 bridgehead atoms. The second-order valence-electron chi connectivity index (χ2n) is 4.28. The summed E-state index contributed by atoms with van der Waals surface area (Å²) in [6, 6.07) is 8.12. The molecular weight excluding hydrogens is 258 g/mol. The molecule has 2 aromatic rings. The Hall–Kier alpha value is -1.88. The zero-order chi connectivity index (χ0) is 13.1. The van der Waals surface area contributed by atoms with Gasteiger partial charge < -0.3 is 5.32 Å². The summed E-state index contributed by atoms with van der Waals surface area (Å²) in [6.45, 7) is 0. The molecule has 0 saturated carbocycles. The number of hydrogen-bond acceptors (Lipinski definition) is 4. The zero-order valence-corrected chi connectivity index (χ0v) is 11.1. The summed E-state index contributed by atoms with van der Waals surface area (Å²) < 4.78 is 0. The summed E-state index contributed by atoms with van der Waals surface area (Å²) in [7, 11) is 0. The second kappa shape index (κ2) is 5.40. The molecule has 4 nitrogen and oxygen atoms in total. The molecule has 1 aromatic carbocycles. The molecule has 3 rings (SSSR count). The standard InChI is InChI=1S/C14H13N3OS/c18-14(17-12-9-15-6-7-16-12)13-11-4-2-1-3-10(11)5-8-19-13/h1-4,6-7,9,13H,5,8H2,(H,16,17,18)/t13-/m1/s1. The molecule has 0 unspecified atom stereocenters. The van der Waals surface area contributed by atoms with Gasteiger partial charge in [-0.05, 0) is 23.3 Å². The molecule has 0 radical (unpaired) electrons. The van der Waals surface area contributed by atoms with Gasteiger partial charge in [0.2, 0.25) is 5.91 Å². The van der Waals surface area contributed by atoms with Crippen molar-refractivity contribution in [3.63, 3.8) is 0 Å². The Labute approximate surface area is 115 Å². The Morgan fingerprint density at radius 3 is 3.05 bits per heavy atom. The number of carbonyl (C=O) groups excluding carboxylic acids is 1. The van der Waals surface area contributed by atoms with Gasteiger partial charge in [0.1, 0.15) is 5.25 Å². The van der Waals surface area contributed by atoms with Crippen molar-refractivity contribution in [3.8, 4) is 0 Å². The van der Waals surface area contributed by atoms with Gasteiger partial charge in [-0.25, -0.2) is 4.98 Å². The number of nitrogens with one attached hydrogen (secondary N) is 1. The molecule has 1 aliphatic heterocycles. The highest BCUT2D eigenvalue weighted by molar-refractivity contribution is 8.00. The van der Waals surface area contributed by atoms with Crippen LogP contribution in [0.1, 0.15) is 16.4 Å². The number of rotatable bonds is 2. The normalized spacial score (nSPS) is 17.6. The third kappa shape index (κ3) is 2.61. The van der Waals surface area contributed by atoms with Crippen LogP contribution in [0.25, 0.3) is 0 Å². The quantitative estimate of drug-likeness (QED) is 0.911. The lowest BCUT2D eigenvalue weighted by Gasteiger charge is -2.23. The van der Waals surface area contributed by atoms with E-state index in [0.29, 0.717) is 5.82 Å². The maximum atomic E-state index is 12.3. The topological polar surface area (TPSA) is 54.9 Å². The van der Waals surface area contributed by atoms with Crippen LogP contribution in [-0.4, -0.2) is 21.6 Å². The fourth-order valence-electron chi connectivity index (χ4n) is 2.17. The number of carbonyl (C=O) groups is 1. The minimum atomic E-state index is -0.160. The van der Waals surface area contributed by atoms with Crippen LogP contribution in [0.4, 0.5) is 5.82 Å². The largest absolute Gasteiger partial charge is 0.308 e. The maximum Gasteiger partial charge on any atom is 0.243 e. The lowest BCUT2D eigenvalue weighted by molar-refractivity contribution is -0.115. The fourth-order valence-corrected chi connectivity index (χ4v) is 3.36. The molecule has 96 valence electrons. The van der Waals surface area contributed by atoms with Gasteiger partial charge in [-0.2, -0.15) is 0 Å². The average Bonchev–Trinajstić information content (AvgIpc) is 2.47. The van der Waals surface area contributed by atoms with Crippen molar-refractivity contribution >= 4 is 23.5 Å². The Kier molecular flexibility index (Phi) is 3.46. The molecule has 1 atom stereocenters. The summed E-state index contributed by atoms with van der Waals surface area (Å²) in [4.78, 5) is 20.3. The molecular formula is C14H13N3OS. The molecule has 0 aliphatic carbocycles. The van der Waals surface area contributed by atoms with Crippen molar-refractivity contribution in [1.82, 2.24) is 9.97 Å². The van der Waals surface area contributed by atoms with Crippen LogP contribution in [-0.2, 0) is 11.2 Å². The number of benzene rings is 1. The zero-order valence-electron chi connectivity index (χ0n) is 10.2. The van der Waals surface area contributed by atoms with Gasteiger partial charge in [-0.15, -0.1) is 11.8 Å². The lowest BCUT2D eigenvalue weighted by Crippen LogP contribution is -2.23. The van der Waals surface area contributed by atoms with Gasteiger partial charge in [0.05, 0.1) is 6.20 Å². The van der Waals surface area contributed by atoms with Crippen molar-refractivity contribution in [2.75, 3.05) is 11.1 Å². The van der Waals surface area contributed by atoms with Crippen molar-refractivity contribution in [3.05, 3.63) is 54.0 Å². The predicted octanol–water partition coefficient (Wildman–Crippen LogP) is 2.45. The van der Waals surface area contributed by atoms with E-state index in [9.17, 15) is 4.79 Å². The first-order valence-electron chi connectivity index (χ1n) is 6.11. The van der Waals surface area contributed by atoms with Crippen LogP contribution < -0.4 is 5.32 Å². The van der Waals surface area contributed by atoms with Crippen molar-refractivity contribution in [2.24, 2.45) is 0 Å². The molecule has 1 aliphatic rings. The van der Waals surface area contributed by atoms with Gasteiger partial charge >= 0.3 is 0 Å². The highest BCUT2D eigenvalue weighted by Gasteiger charge is 2.26. The first-order valence-corrected chi connectivity index (χ1v) is 7.16. The van der Waals surface area contributed by atoms with Crippen molar-refractivity contribution in [1.29, 1.82) is 0 Å². The summed E-state index contributed by atoms with van der Waals surface area (Å²) in [6.07, 6.45) is 5.73. The first kappa shape index (κ1) is 12.2. The predicted molar refractivity (Wildman–Crippen MR) is 76.0 cm³/mol. The molecule has 1 N–H and O–H groups in total. The summed E-state index contributed by atoms with van der Waals surface area (Å²) in [5.41, 5.74) is 2.38. The van der Waals surface area contributed by atoms with Crippen LogP contribution >= 0.6 is 11.8 Å². The lowest BCUT2D eigenvalue weighted by atomic mass is 10.0. The molecule has 0 saturated heterocycles. The molecule has 1 aromatic heterocycles. The van der Waals surface area contributed by atoms with E-state index >= 15 is 0 Å². The van der Waals surface area contributed by atoms with Crippen LogP contribution in [0.2, 0.25) is 0 Å². The molecule has 0 fully saturated rings. The number of hydrogen-bond donors (Lipinski definition) is 1. The van der Waals surface area contributed by atoms with E-state index in [1.807, 2.05) is 18.2 Å². The van der Waals surface area contributed by atoms with Gasteiger partial charge in [0, 0.05) is 12.4 Å². The number of anilines is 1. The number of fused-ring (bicyclic) bond motifs is 1. The summed E-state index contributed by atoms with van der Waals surface area (Å²) in [5, 5.41) is 2.66. The molecule has 19 heavy (non-hydrogen) atoms. The van der Waals surface area contributed by atoms with Crippen LogP contribution in [0, 0.1) is 0 Å². The summed E-state index contributed by atoms with van der Waals surface area (Å²) >= 11 is 1.67. The van der Waals surface area contributed by atoms with E-state index in [4.69, 9.17) is 0 Å². The maximum absolute atomic E-state index is 12.3. The number of nitrogens with zero attached hydrogens (tertiary/aromatic N) is 2. The minimum absolute atomic E-state index is 0.0300. The van der Waals surface area contributed by atoms with E-state index in [-0.39, 0.29) is 11.2 Å². The fraction of sp³-hybridized carbons (Fsp3) is 0.214. The van der Waals surface area contributed by atoms with Gasteiger partial charge in [0.15, 0.2) is 5.82 Å². The Morgan fingerprint density at radius 2 is 2.21 bits per heavy atom. The highest BCUT2D eigenvalue weighted by Crippen LogP contribution is 2.37. The van der Waals surface area contributed by atoms with Crippen molar-refractivity contribution in [2.45, 2.75) is 11.7 Å². The minimum Gasteiger partial charge on any atom is -0.308 e. The number of thioether (sulfide) groups is 1. The van der Waals surface area contributed by atoms with Crippen LogP contribution in [0.5, 0.6) is 0 Å². The molecule has 2 heterocycles. The van der Waals surface area contributed by atoms with E-state index < -0.39 is 0 Å². The van der Waals surface area contributed by atoms with Gasteiger partial charge in [-0.3, -0.25) is 9.78 Å². The van der Waals surface area contributed by atoms with Crippen LogP contribution in [0.3, 0.4) is 0 Å². The Balaban J connectivity index is 1.82. The van der Waals surface area contributed by atoms with Crippen molar-refractivity contribution < 1.29 is 4.79 Å². The molecule has 0 spiro atoms. The average molecular weight is 271 g/mol. The van der Waals surface area contributed by atoms with E-state index in [1.54, 1.807) is 30.4 Å². The van der Waals surface area contributed by atoms with E-state index in [2.05, 4.69) is 21.4 Å². The third-order valence-corrected chi connectivity index (χ3v) is 4.29. The first-order chi connectivity index (χ1) is 9.34. The van der Waals surface area contributed by atoms with Gasteiger partial charge in [0.25, 0.3) is 0 Å². The Morgan fingerprint density at radius 1 is 1.32 bits per heavy atom. The van der Waals surface area contributed by atoms with Crippen LogP contribution in [0.15, 0.2) is 42.9 Å². The SMILES string of the molecule is O=C(Nc1cnccn1)[C@@H]1SCCc2ccccc21. The third-order valence-electron chi connectivity index (χ3n) is 3.05. The number of aryl methyl sites for hydroxylation is 1. The number of aromatic nitrogens is 2. The molecule has 1 amide bonds. The van der Waals surface area contributed by atoms with Gasteiger partial charge in [-0.1, -0.05) is 24.3 Å². The van der Waals surface area contributed by atoms with E-state index in [1.165, 1.54) is 5.56 Å². The number of amides is 1. The highest BCUT2D eigenvalue weighted by atomic mass is 32.2. The molecule has 5 heteroatoms. The monoisotopic (exact) mass is 271 g/mol. The second-order valence-corrected chi connectivity index (χ2v) is 5.49. The van der Waals surface area contributed by atoms with E-state index in [0.717, 1.165) is 17.7 Å². The summed E-state index contributed by atoms with van der Waals surface area (Å²) in [5.74, 6) is 1.43.